The Kier molecular flexibility index (Phi) is 9.70. The Balaban J connectivity index is 2.27. The first-order valence-electron chi connectivity index (χ1n) is 10.9. The van der Waals surface area contributed by atoms with Gasteiger partial charge in [-0.2, -0.15) is 21.6 Å². The molecule has 0 fully saturated rings. The maximum absolute atomic E-state index is 12.9. The lowest BCUT2D eigenvalue weighted by Crippen LogP contribution is -2.33. The minimum atomic E-state index is -5.85. The van der Waals surface area contributed by atoms with Crippen molar-refractivity contribution in [2.75, 3.05) is 13.2 Å². The molecular weight excluding hydrogens is 487 g/mol. The first kappa shape index (κ1) is 28.6. The second-order valence-electron chi connectivity index (χ2n) is 8.79. The fourth-order valence-electron chi connectivity index (χ4n) is 3.35. The van der Waals surface area contributed by atoms with Crippen LogP contribution in [0.1, 0.15) is 44.2 Å². The number of para-hydroxylation sites is 1. The number of hydrogen-bond acceptors (Lipinski definition) is 7. The summed E-state index contributed by atoms with van der Waals surface area (Å²) < 4.78 is 77.4. The fraction of sp³-hybridized carbons (Fsp3) is 0.458. The van der Waals surface area contributed by atoms with Gasteiger partial charge in [-0.15, -0.1) is 0 Å². The van der Waals surface area contributed by atoms with Crippen LogP contribution in [-0.2, 0) is 30.8 Å². The van der Waals surface area contributed by atoms with Crippen LogP contribution < -0.4 is 9.92 Å². The molecule has 194 valence electrons. The summed E-state index contributed by atoms with van der Waals surface area (Å²) in [5, 5.41) is 0. The second kappa shape index (κ2) is 11.9. The van der Waals surface area contributed by atoms with Gasteiger partial charge < -0.3 is 19.4 Å². The molecule has 0 spiro atoms. The van der Waals surface area contributed by atoms with E-state index in [0.29, 0.717) is 0 Å². The van der Waals surface area contributed by atoms with Crippen molar-refractivity contribution in [3.8, 4) is 5.75 Å². The Morgan fingerprint density at radius 2 is 1.60 bits per heavy atom. The van der Waals surface area contributed by atoms with Crippen molar-refractivity contribution in [1.82, 2.24) is 0 Å². The molecule has 2 aromatic carbocycles. The maximum Gasteiger partial charge on any atom is 0.534 e. The molecule has 0 heterocycles. The van der Waals surface area contributed by atoms with E-state index in [-0.39, 0.29) is 31.6 Å². The quantitative estimate of drug-likeness (QED) is 0.269. The van der Waals surface area contributed by atoms with Crippen LogP contribution in [0.5, 0.6) is 5.75 Å². The molecule has 2 rings (SSSR count). The summed E-state index contributed by atoms with van der Waals surface area (Å²) in [7, 11) is -5.85. The summed E-state index contributed by atoms with van der Waals surface area (Å²) in [5.41, 5.74) is 0.753. The van der Waals surface area contributed by atoms with Crippen molar-refractivity contribution < 1.29 is 40.0 Å². The highest BCUT2D eigenvalue weighted by atomic mass is 32.2. The van der Waals surface area contributed by atoms with Crippen molar-refractivity contribution in [2.24, 2.45) is 5.73 Å². The highest BCUT2D eigenvalue weighted by Gasteiger charge is 2.48. The van der Waals surface area contributed by atoms with E-state index >= 15 is 0 Å². The predicted molar refractivity (Wildman–Crippen MR) is 124 cm³/mol. The average Bonchev–Trinajstić information content (AvgIpc) is 2.75. The highest BCUT2D eigenvalue weighted by molar-refractivity contribution is 7.88. The second-order valence-corrected chi connectivity index (χ2v) is 10.3. The third-order valence-corrected chi connectivity index (χ3v) is 5.83. The summed E-state index contributed by atoms with van der Waals surface area (Å²) in [6, 6.07) is 14.5. The van der Waals surface area contributed by atoms with Gasteiger partial charge in [0.1, 0.15) is 11.4 Å². The molecule has 0 aliphatic carbocycles. The lowest BCUT2D eigenvalue weighted by Gasteiger charge is -2.28. The van der Waals surface area contributed by atoms with Gasteiger partial charge in [0.05, 0.1) is 19.1 Å². The summed E-state index contributed by atoms with van der Waals surface area (Å²) in [5.74, 6) is -1.35. The zero-order valence-electron chi connectivity index (χ0n) is 19.7. The summed E-state index contributed by atoms with van der Waals surface area (Å²) >= 11 is 0. The monoisotopic (exact) mass is 517 g/mol. The summed E-state index contributed by atoms with van der Waals surface area (Å²) in [6.45, 7) is 5.30. The van der Waals surface area contributed by atoms with E-state index in [1.807, 2.05) is 0 Å². The number of esters is 1. The molecule has 0 aliphatic rings. The SMILES string of the molecule is CC(C)(C)OC(=O)CCO[C@H](CN)[C@H](Cc1ccccc1OS(=O)(=O)C(F)(F)F)c1ccccc1. The molecule has 0 aliphatic heterocycles. The number of halogens is 3. The molecule has 0 saturated heterocycles. The molecule has 2 aromatic rings. The normalized spacial score (nSPS) is 14.3. The Hall–Kier alpha value is -2.63. The molecule has 0 saturated carbocycles. The van der Waals surface area contributed by atoms with E-state index in [4.69, 9.17) is 15.2 Å². The predicted octanol–water partition coefficient (Wildman–Crippen LogP) is 4.32. The van der Waals surface area contributed by atoms with Gasteiger partial charge in [0.15, 0.2) is 0 Å². The average molecular weight is 518 g/mol. The number of hydrogen-bond donors (Lipinski definition) is 1. The molecule has 0 bridgehead atoms. The number of carbonyl (C=O) groups excluding carboxylic acids is 1. The Morgan fingerprint density at radius 3 is 2.17 bits per heavy atom. The maximum atomic E-state index is 12.9. The molecule has 35 heavy (non-hydrogen) atoms. The smallest absolute Gasteiger partial charge is 0.460 e. The van der Waals surface area contributed by atoms with E-state index in [0.717, 1.165) is 11.6 Å². The molecule has 2 N–H and O–H groups in total. The van der Waals surface area contributed by atoms with Crippen molar-refractivity contribution in [3.05, 3.63) is 65.7 Å². The lowest BCUT2D eigenvalue weighted by atomic mass is 9.87. The third kappa shape index (κ3) is 8.83. The number of carbonyl (C=O) groups is 1. The lowest BCUT2D eigenvalue weighted by molar-refractivity contribution is -0.156. The minimum Gasteiger partial charge on any atom is -0.460 e. The van der Waals surface area contributed by atoms with Crippen LogP contribution in [0.15, 0.2) is 54.6 Å². The number of alkyl halides is 3. The van der Waals surface area contributed by atoms with Crippen LogP contribution in [0.3, 0.4) is 0 Å². The third-order valence-electron chi connectivity index (χ3n) is 4.86. The Labute approximate surface area is 203 Å². The van der Waals surface area contributed by atoms with Gasteiger partial charge in [0, 0.05) is 12.5 Å². The van der Waals surface area contributed by atoms with E-state index < -0.39 is 45.0 Å². The fourth-order valence-corrected chi connectivity index (χ4v) is 3.85. The van der Waals surface area contributed by atoms with Crippen LogP contribution in [0.25, 0.3) is 0 Å². The Bertz CT molecular complexity index is 1070. The molecule has 11 heteroatoms. The van der Waals surface area contributed by atoms with Crippen molar-refractivity contribution in [2.45, 2.75) is 56.7 Å². The molecule has 0 amide bonds. The van der Waals surface area contributed by atoms with Gasteiger partial charge in [-0.1, -0.05) is 48.5 Å². The minimum absolute atomic E-state index is 0.0146. The zero-order chi connectivity index (χ0) is 26.3. The van der Waals surface area contributed by atoms with Crippen LogP contribution in [0, 0.1) is 0 Å². The van der Waals surface area contributed by atoms with Gasteiger partial charge in [0.2, 0.25) is 0 Å². The van der Waals surface area contributed by atoms with Gasteiger partial charge in [0.25, 0.3) is 0 Å². The van der Waals surface area contributed by atoms with E-state index in [1.54, 1.807) is 57.2 Å². The van der Waals surface area contributed by atoms with Gasteiger partial charge in [-0.05, 0) is 44.4 Å². The van der Waals surface area contributed by atoms with Gasteiger partial charge >= 0.3 is 21.6 Å². The van der Waals surface area contributed by atoms with Crippen molar-refractivity contribution in [1.29, 1.82) is 0 Å². The largest absolute Gasteiger partial charge is 0.534 e. The molecule has 2 atom stereocenters. The molecular formula is C24H30F3NO6S. The van der Waals surface area contributed by atoms with Crippen LogP contribution in [0.2, 0.25) is 0 Å². The van der Waals surface area contributed by atoms with Gasteiger partial charge in [-0.25, -0.2) is 0 Å². The van der Waals surface area contributed by atoms with Crippen LogP contribution >= 0.6 is 0 Å². The first-order valence-corrected chi connectivity index (χ1v) is 12.3. The molecule has 0 radical (unpaired) electrons. The first-order chi connectivity index (χ1) is 16.2. The number of nitrogens with two attached hydrogens (primary N) is 1. The van der Waals surface area contributed by atoms with Crippen molar-refractivity contribution in [3.63, 3.8) is 0 Å². The van der Waals surface area contributed by atoms with Crippen molar-refractivity contribution >= 4 is 16.1 Å². The van der Waals surface area contributed by atoms with Crippen LogP contribution in [-0.4, -0.2) is 44.8 Å². The Morgan fingerprint density at radius 1 is 1.00 bits per heavy atom. The highest BCUT2D eigenvalue weighted by Crippen LogP contribution is 2.33. The van der Waals surface area contributed by atoms with Gasteiger partial charge in [-0.3, -0.25) is 4.79 Å². The summed E-state index contributed by atoms with van der Waals surface area (Å²) in [4.78, 5) is 12.0. The number of ether oxygens (including phenoxy) is 2. The zero-order valence-corrected chi connectivity index (χ0v) is 20.6. The van der Waals surface area contributed by atoms with E-state index in [2.05, 4.69) is 4.18 Å². The van der Waals surface area contributed by atoms with Crippen LogP contribution in [0.4, 0.5) is 13.2 Å². The molecule has 0 unspecified atom stereocenters. The summed E-state index contributed by atoms with van der Waals surface area (Å²) in [6.07, 6.45) is -0.576. The molecule has 7 nitrogen and oxygen atoms in total. The topological polar surface area (TPSA) is 105 Å². The van der Waals surface area contributed by atoms with E-state index in [9.17, 15) is 26.4 Å². The van der Waals surface area contributed by atoms with E-state index in [1.165, 1.54) is 12.1 Å². The number of benzene rings is 2. The number of rotatable bonds is 11. The standard InChI is InChI=1S/C24H30F3NO6S/c1-23(2,3)33-22(29)13-14-32-21(16-28)19(17-9-5-4-6-10-17)15-18-11-7-8-12-20(18)34-35(30,31)24(25,26)27/h4-12,19,21H,13-16,28H2,1-3H3/t19-,21-/m1/s1. The molecule has 0 aromatic heterocycles.